The number of alkyl halides is 2. The van der Waals surface area contributed by atoms with Crippen LogP contribution in [0.3, 0.4) is 0 Å². The van der Waals surface area contributed by atoms with Gasteiger partial charge in [-0.3, -0.25) is 0 Å². The highest BCUT2D eigenvalue weighted by atomic mass is 19.3. The van der Waals surface area contributed by atoms with Gasteiger partial charge >= 0.3 is 0 Å². The van der Waals surface area contributed by atoms with Gasteiger partial charge in [0.05, 0.1) is 18.2 Å². The fourth-order valence-electron chi connectivity index (χ4n) is 1.28. The van der Waals surface area contributed by atoms with Crippen molar-refractivity contribution in [1.82, 2.24) is 4.98 Å². The zero-order valence-electron chi connectivity index (χ0n) is 7.67. The maximum atomic E-state index is 12.9. The summed E-state index contributed by atoms with van der Waals surface area (Å²) < 4.78 is 38.1. The van der Waals surface area contributed by atoms with Gasteiger partial charge in [0.25, 0.3) is 6.43 Å². The average molecular weight is 215 g/mol. The minimum atomic E-state index is -2.81. The van der Waals surface area contributed by atoms with E-state index in [-0.39, 0.29) is 24.2 Å². The second kappa shape index (κ2) is 4.75. The predicted octanol–water partition coefficient (Wildman–Crippen LogP) is 1.68. The van der Waals surface area contributed by atoms with Crippen molar-refractivity contribution in [3.05, 3.63) is 28.8 Å². The molecule has 1 aromatic rings. The van der Waals surface area contributed by atoms with E-state index in [1.54, 1.807) is 6.07 Å². The molecule has 0 saturated heterocycles. The smallest absolute Gasteiger partial charge is 0.265 e. The van der Waals surface area contributed by atoms with Gasteiger partial charge in [-0.25, -0.2) is 13.8 Å². The zero-order chi connectivity index (χ0) is 11.4. The molecule has 0 atom stereocenters. The van der Waals surface area contributed by atoms with E-state index in [2.05, 4.69) is 4.98 Å². The number of pyridine rings is 1. The molecule has 0 bridgehead atoms. The van der Waals surface area contributed by atoms with E-state index in [9.17, 15) is 13.2 Å². The van der Waals surface area contributed by atoms with Crippen LogP contribution in [-0.2, 0) is 13.0 Å². The van der Waals surface area contributed by atoms with Gasteiger partial charge in [0.2, 0.25) is 5.95 Å². The number of nitrogens with zero attached hydrogens (tertiary/aromatic N) is 2. The normalized spacial score (nSPS) is 10.4. The van der Waals surface area contributed by atoms with Crippen molar-refractivity contribution in [1.29, 1.82) is 5.26 Å². The van der Waals surface area contributed by atoms with E-state index in [0.29, 0.717) is 0 Å². The fraction of sp³-hybridized carbons (Fsp3) is 0.333. The lowest BCUT2D eigenvalue weighted by Crippen LogP contribution is -2.10. The van der Waals surface area contributed by atoms with Crippen LogP contribution >= 0.6 is 0 Å². The highest BCUT2D eigenvalue weighted by Crippen LogP contribution is 2.26. The monoisotopic (exact) mass is 215 g/mol. The van der Waals surface area contributed by atoms with Crippen molar-refractivity contribution in [3.63, 3.8) is 0 Å². The highest BCUT2D eigenvalue weighted by Gasteiger charge is 2.19. The predicted molar refractivity (Wildman–Crippen MR) is 46.4 cm³/mol. The minimum absolute atomic E-state index is 0.0551. The Bertz CT molecular complexity index is 398. The number of nitriles is 1. The third-order valence-electron chi connectivity index (χ3n) is 1.87. The van der Waals surface area contributed by atoms with Crippen LogP contribution < -0.4 is 5.73 Å². The van der Waals surface area contributed by atoms with E-state index in [1.165, 1.54) is 0 Å². The van der Waals surface area contributed by atoms with E-state index >= 15 is 0 Å². The van der Waals surface area contributed by atoms with Gasteiger partial charge in [-0.2, -0.15) is 9.65 Å². The molecular formula is C9H8F3N3. The summed E-state index contributed by atoms with van der Waals surface area (Å²) in [6.45, 7) is -0.282. The molecule has 0 radical (unpaired) electrons. The van der Waals surface area contributed by atoms with Crippen molar-refractivity contribution in [2.24, 2.45) is 5.73 Å². The Balaban J connectivity index is 3.34. The van der Waals surface area contributed by atoms with Gasteiger partial charge in [-0.1, -0.05) is 0 Å². The lowest BCUT2D eigenvalue weighted by Gasteiger charge is -2.10. The van der Waals surface area contributed by atoms with Crippen LogP contribution in [0.4, 0.5) is 13.2 Å². The summed E-state index contributed by atoms with van der Waals surface area (Å²) in [6.07, 6.45) is -3.09. The molecule has 1 rings (SSSR count). The molecule has 1 aromatic heterocycles. The van der Waals surface area contributed by atoms with Gasteiger partial charge < -0.3 is 5.73 Å². The maximum Gasteiger partial charge on any atom is 0.265 e. The van der Waals surface area contributed by atoms with E-state index < -0.39 is 17.9 Å². The Morgan fingerprint density at radius 2 is 2.20 bits per heavy atom. The summed E-state index contributed by atoms with van der Waals surface area (Å²) in [6, 6.07) is 2.53. The van der Waals surface area contributed by atoms with Gasteiger partial charge in [0.1, 0.15) is 0 Å². The topological polar surface area (TPSA) is 62.7 Å². The SMILES string of the molecule is N#CCc1cc(F)nc(CN)c1C(F)F. The molecule has 3 nitrogen and oxygen atoms in total. The lowest BCUT2D eigenvalue weighted by molar-refractivity contribution is 0.148. The Labute approximate surface area is 84.3 Å². The number of rotatable bonds is 3. The van der Waals surface area contributed by atoms with Gasteiger partial charge in [0.15, 0.2) is 0 Å². The molecule has 1 heterocycles. The van der Waals surface area contributed by atoms with E-state index in [0.717, 1.165) is 6.07 Å². The van der Waals surface area contributed by atoms with Crippen LogP contribution in [0.15, 0.2) is 6.07 Å². The van der Waals surface area contributed by atoms with E-state index in [1.807, 2.05) is 0 Å². The second-order valence-corrected chi connectivity index (χ2v) is 2.80. The molecule has 2 N–H and O–H groups in total. The molecule has 0 aliphatic carbocycles. The maximum absolute atomic E-state index is 12.9. The first-order valence-electron chi connectivity index (χ1n) is 4.13. The molecule has 0 unspecified atom stereocenters. The van der Waals surface area contributed by atoms with E-state index in [4.69, 9.17) is 11.0 Å². The molecule has 0 amide bonds. The Morgan fingerprint density at radius 1 is 1.53 bits per heavy atom. The Hall–Kier alpha value is -1.61. The van der Waals surface area contributed by atoms with Crippen molar-refractivity contribution >= 4 is 0 Å². The Morgan fingerprint density at radius 3 is 2.67 bits per heavy atom. The van der Waals surface area contributed by atoms with Crippen molar-refractivity contribution in [2.45, 2.75) is 19.4 Å². The molecule has 80 valence electrons. The summed E-state index contributed by atoms with van der Waals surface area (Å²) in [5.74, 6) is -0.898. The summed E-state index contributed by atoms with van der Waals surface area (Å²) in [5, 5.41) is 8.41. The third kappa shape index (κ3) is 2.44. The van der Waals surface area contributed by atoms with Crippen LogP contribution in [0.5, 0.6) is 0 Å². The number of nitrogens with two attached hydrogens (primary N) is 1. The van der Waals surface area contributed by atoms with Crippen LogP contribution in [0, 0.1) is 17.3 Å². The summed E-state index contributed by atoms with van der Waals surface area (Å²) in [7, 11) is 0. The number of halogens is 3. The van der Waals surface area contributed by atoms with Crippen LogP contribution in [-0.4, -0.2) is 4.98 Å². The zero-order valence-corrected chi connectivity index (χ0v) is 7.67. The minimum Gasteiger partial charge on any atom is -0.325 e. The summed E-state index contributed by atoms with van der Waals surface area (Å²) in [5.41, 5.74) is 4.49. The van der Waals surface area contributed by atoms with Crippen LogP contribution in [0.2, 0.25) is 0 Å². The molecule has 0 aliphatic rings. The van der Waals surface area contributed by atoms with Crippen molar-refractivity contribution in [2.75, 3.05) is 0 Å². The summed E-state index contributed by atoms with van der Waals surface area (Å²) >= 11 is 0. The molecule has 15 heavy (non-hydrogen) atoms. The molecule has 0 fully saturated rings. The van der Waals surface area contributed by atoms with Crippen LogP contribution in [0.25, 0.3) is 0 Å². The average Bonchev–Trinajstić information content (AvgIpc) is 2.16. The molecule has 0 aromatic carbocycles. The first-order chi connectivity index (χ1) is 7.10. The third-order valence-corrected chi connectivity index (χ3v) is 1.87. The Kier molecular flexibility index (Phi) is 3.63. The molecule has 0 spiro atoms. The highest BCUT2D eigenvalue weighted by molar-refractivity contribution is 5.33. The molecule has 6 heteroatoms. The first kappa shape index (κ1) is 11.5. The molecule has 0 saturated carbocycles. The van der Waals surface area contributed by atoms with Gasteiger partial charge in [-0.15, -0.1) is 0 Å². The number of hydrogen-bond donors (Lipinski definition) is 1. The lowest BCUT2D eigenvalue weighted by atomic mass is 10.0. The molecule has 0 aliphatic heterocycles. The number of aromatic nitrogens is 1. The standard InChI is InChI=1S/C9H8F3N3/c10-7-3-5(1-2-13)8(9(11)12)6(4-14)15-7/h3,9H,1,4,14H2. The number of hydrogen-bond acceptors (Lipinski definition) is 3. The summed E-state index contributed by atoms with van der Waals surface area (Å²) in [4.78, 5) is 3.27. The van der Waals surface area contributed by atoms with Crippen molar-refractivity contribution < 1.29 is 13.2 Å². The molecular weight excluding hydrogens is 207 g/mol. The quantitative estimate of drug-likeness (QED) is 0.780. The first-order valence-corrected chi connectivity index (χ1v) is 4.13. The second-order valence-electron chi connectivity index (χ2n) is 2.80. The largest absolute Gasteiger partial charge is 0.325 e. The van der Waals surface area contributed by atoms with Gasteiger partial charge in [0, 0.05) is 12.1 Å². The van der Waals surface area contributed by atoms with Gasteiger partial charge in [-0.05, 0) is 11.6 Å². The fourth-order valence-corrected chi connectivity index (χ4v) is 1.28. The van der Waals surface area contributed by atoms with Crippen molar-refractivity contribution in [3.8, 4) is 6.07 Å². The van der Waals surface area contributed by atoms with Crippen LogP contribution in [0.1, 0.15) is 23.2 Å².